The number of piperidine rings is 1. The van der Waals surface area contributed by atoms with Gasteiger partial charge in [-0.05, 0) is 74.4 Å². The molecular weight excluding hydrogens is 490 g/mol. The number of rotatable bonds is 3. The molecule has 0 radical (unpaired) electrons. The van der Waals surface area contributed by atoms with Crippen LogP contribution in [0.15, 0.2) is 43.0 Å². The van der Waals surface area contributed by atoms with E-state index in [2.05, 4.69) is 29.4 Å². The average Bonchev–Trinajstić information content (AvgIpc) is 3.27. The fraction of sp³-hybridized carbons (Fsp3) is 0.438. The molecule has 7 nitrogen and oxygen atoms in total. The van der Waals surface area contributed by atoms with Crippen molar-refractivity contribution in [1.82, 2.24) is 9.80 Å². The highest BCUT2D eigenvalue weighted by Gasteiger charge is 2.74. The zero-order valence-corrected chi connectivity index (χ0v) is 22.6. The topological polar surface area (TPSA) is 97.0 Å². The van der Waals surface area contributed by atoms with Crippen LogP contribution in [0.4, 0.5) is 0 Å². The first-order chi connectivity index (χ1) is 18.7. The Morgan fingerprint density at radius 1 is 1.31 bits per heavy atom. The van der Waals surface area contributed by atoms with E-state index < -0.39 is 29.2 Å². The van der Waals surface area contributed by atoms with Crippen molar-refractivity contribution < 1.29 is 19.7 Å². The molecule has 2 aliphatic heterocycles. The number of nitrogens with zero attached hydrogens (tertiary/aromatic N) is 3. The molecule has 2 bridgehead atoms. The molecule has 200 valence electrons. The second-order valence-corrected chi connectivity index (χ2v) is 11.5. The highest BCUT2D eigenvalue weighted by Crippen LogP contribution is 2.66. The van der Waals surface area contributed by atoms with E-state index in [0.29, 0.717) is 38.0 Å². The fourth-order valence-corrected chi connectivity index (χ4v) is 7.74. The Morgan fingerprint density at radius 2 is 2.10 bits per heavy atom. The van der Waals surface area contributed by atoms with Gasteiger partial charge in [-0.25, -0.2) is 0 Å². The predicted molar refractivity (Wildman–Crippen MR) is 146 cm³/mol. The normalized spacial score (nSPS) is 31.7. The van der Waals surface area contributed by atoms with Gasteiger partial charge in [-0.2, -0.15) is 5.26 Å². The van der Waals surface area contributed by atoms with Crippen molar-refractivity contribution in [2.24, 2.45) is 0 Å². The number of aromatic hydroxyl groups is 1. The van der Waals surface area contributed by atoms with Crippen LogP contribution in [0.5, 0.6) is 11.5 Å². The van der Waals surface area contributed by atoms with Crippen LogP contribution in [-0.2, 0) is 16.6 Å². The van der Waals surface area contributed by atoms with Crippen molar-refractivity contribution in [3.63, 3.8) is 0 Å². The first-order valence-corrected chi connectivity index (χ1v) is 13.5. The maximum absolute atomic E-state index is 13.4. The van der Waals surface area contributed by atoms with Crippen molar-refractivity contribution in [2.75, 3.05) is 13.6 Å². The van der Waals surface area contributed by atoms with E-state index in [-0.39, 0.29) is 17.7 Å². The Labute approximate surface area is 229 Å². The summed E-state index contributed by atoms with van der Waals surface area (Å²) in [5.41, 5.74) is 2.74. The summed E-state index contributed by atoms with van der Waals surface area (Å²) in [6, 6.07) is 10.7. The molecule has 2 aliphatic carbocycles. The average molecular weight is 524 g/mol. The number of phenolic OH excluding ortho intramolecular Hbond substituents is 1. The van der Waals surface area contributed by atoms with Crippen molar-refractivity contribution in [3.05, 3.63) is 70.8 Å². The summed E-state index contributed by atoms with van der Waals surface area (Å²) in [6.45, 7) is 8.43. The van der Waals surface area contributed by atoms with E-state index in [1.54, 1.807) is 24.1 Å². The molecule has 1 unspecified atom stereocenters. The van der Waals surface area contributed by atoms with Gasteiger partial charge in [0.15, 0.2) is 11.5 Å². The minimum atomic E-state index is -1.19. The molecule has 4 aliphatic rings. The molecule has 2 N–H and O–H groups in total. The first kappa shape index (κ1) is 25.5. The number of likely N-dealkylation sites (N-methyl/N-ethyl adjacent to an activating group) is 1. The SMILES string of the molecule is C=CCN1C(C#N)C[C@]23c4c5ccc(O)c4O[C@H]2[C@H](N(C)C(=O)C#Cc2ccc(C)c(C)c2)CC[C@@]3(O)[C@H]1C5. The van der Waals surface area contributed by atoms with Crippen LogP contribution in [-0.4, -0.2) is 69.3 Å². The minimum Gasteiger partial charge on any atom is -0.504 e. The van der Waals surface area contributed by atoms with Gasteiger partial charge in [0.05, 0.1) is 29.2 Å². The van der Waals surface area contributed by atoms with Crippen molar-refractivity contribution in [2.45, 2.75) is 74.8 Å². The predicted octanol–water partition coefficient (Wildman–Crippen LogP) is 3.12. The first-order valence-electron chi connectivity index (χ1n) is 13.5. The molecule has 6 atom stereocenters. The highest BCUT2D eigenvalue weighted by atomic mass is 16.5. The zero-order valence-electron chi connectivity index (χ0n) is 22.6. The monoisotopic (exact) mass is 523 g/mol. The van der Waals surface area contributed by atoms with Gasteiger partial charge in [-0.1, -0.05) is 24.1 Å². The van der Waals surface area contributed by atoms with Gasteiger partial charge in [0, 0.05) is 36.7 Å². The lowest BCUT2D eigenvalue weighted by Crippen LogP contribution is -2.79. The Bertz CT molecular complexity index is 1500. The van der Waals surface area contributed by atoms with Gasteiger partial charge < -0.3 is 19.8 Å². The summed E-state index contributed by atoms with van der Waals surface area (Å²) in [6.07, 6.45) is 2.98. The minimum absolute atomic E-state index is 0.0163. The van der Waals surface area contributed by atoms with Crippen LogP contribution in [0.1, 0.15) is 47.1 Å². The molecule has 0 aromatic heterocycles. The molecule has 2 heterocycles. The van der Waals surface area contributed by atoms with E-state index in [9.17, 15) is 20.3 Å². The molecule has 1 amide bonds. The van der Waals surface area contributed by atoms with Crippen molar-refractivity contribution >= 4 is 5.91 Å². The van der Waals surface area contributed by atoms with Gasteiger partial charge in [0.1, 0.15) is 6.10 Å². The van der Waals surface area contributed by atoms with Gasteiger partial charge in [-0.3, -0.25) is 9.69 Å². The van der Waals surface area contributed by atoms with Crippen molar-refractivity contribution in [1.29, 1.82) is 5.26 Å². The summed E-state index contributed by atoms with van der Waals surface area (Å²) < 4.78 is 6.54. The third-order valence-electron chi connectivity index (χ3n) is 9.75. The number of aliphatic hydroxyl groups is 1. The second-order valence-electron chi connectivity index (χ2n) is 11.5. The van der Waals surface area contributed by atoms with Crippen LogP contribution in [0.2, 0.25) is 0 Å². The van der Waals surface area contributed by atoms with Crippen LogP contribution < -0.4 is 4.74 Å². The number of carbonyl (C=O) groups is 1. The molecule has 39 heavy (non-hydrogen) atoms. The molecule has 7 heteroatoms. The summed E-state index contributed by atoms with van der Waals surface area (Å²) >= 11 is 0. The number of carbonyl (C=O) groups excluding carboxylic acids is 1. The fourth-order valence-electron chi connectivity index (χ4n) is 7.74. The number of aryl methyl sites for hydroxylation is 2. The third-order valence-corrected chi connectivity index (χ3v) is 9.75. The lowest BCUT2D eigenvalue weighted by molar-refractivity contribution is -0.205. The summed E-state index contributed by atoms with van der Waals surface area (Å²) in [4.78, 5) is 17.1. The molecule has 2 aromatic carbocycles. The Hall–Kier alpha value is -3.78. The molecule has 1 spiro atoms. The molecule has 2 aromatic rings. The van der Waals surface area contributed by atoms with Gasteiger partial charge in [-0.15, -0.1) is 6.58 Å². The summed E-state index contributed by atoms with van der Waals surface area (Å²) in [5.74, 6) is 5.85. The third kappa shape index (κ3) is 3.40. The van der Waals surface area contributed by atoms with E-state index in [4.69, 9.17) is 4.74 Å². The Balaban J connectivity index is 1.42. The number of phenols is 1. The lowest BCUT2D eigenvalue weighted by atomic mass is 9.47. The molecular formula is C32H33N3O4. The van der Waals surface area contributed by atoms with Gasteiger partial charge >= 0.3 is 0 Å². The number of likely N-dealkylation sites (tertiary alicyclic amines) is 1. The number of nitriles is 1. The Kier molecular flexibility index (Phi) is 5.80. The van der Waals surface area contributed by atoms with Gasteiger partial charge in [0.25, 0.3) is 5.91 Å². The van der Waals surface area contributed by atoms with E-state index in [1.807, 2.05) is 38.1 Å². The second kappa shape index (κ2) is 8.88. The van der Waals surface area contributed by atoms with Crippen LogP contribution in [0.3, 0.4) is 0 Å². The van der Waals surface area contributed by atoms with Crippen LogP contribution in [0.25, 0.3) is 0 Å². The van der Waals surface area contributed by atoms with Crippen LogP contribution >= 0.6 is 0 Å². The van der Waals surface area contributed by atoms with E-state index in [1.165, 1.54) is 5.56 Å². The van der Waals surface area contributed by atoms with E-state index in [0.717, 1.165) is 22.3 Å². The maximum Gasteiger partial charge on any atom is 0.298 e. The van der Waals surface area contributed by atoms with Crippen LogP contribution in [0, 0.1) is 37.0 Å². The number of hydrogen-bond donors (Lipinski definition) is 2. The smallest absolute Gasteiger partial charge is 0.298 e. The largest absolute Gasteiger partial charge is 0.504 e. The standard InChI is InChI=1S/C32H33N3O4/c1-5-14-35-23(18-33)17-31-28-22-9-10-25(36)29(28)39-30(31)24(12-13-32(31,38)26(35)16-22)34(4)27(37)11-8-21-7-6-19(2)20(3)15-21/h5-7,9-10,15,23-24,26,30,36,38H,1,12-14,16-17H2,2-4H3/t23?,24-,26-,30+,31+,32-/m1/s1. The maximum atomic E-state index is 13.4. The number of amides is 1. The molecule has 6 rings (SSSR count). The van der Waals surface area contributed by atoms with Gasteiger partial charge in [0.2, 0.25) is 0 Å². The molecule has 1 saturated heterocycles. The zero-order chi connectivity index (χ0) is 27.7. The number of ether oxygens (including phenoxy) is 1. The van der Waals surface area contributed by atoms with Crippen molar-refractivity contribution in [3.8, 4) is 29.4 Å². The number of hydrogen-bond acceptors (Lipinski definition) is 6. The highest BCUT2D eigenvalue weighted by molar-refractivity contribution is 5.94. The molecule has 1 saturated carbocycles. The molecule has 2 fully saturated rings. The van der Waals surface area contributed by atoms with E-state index >= 15 is 0 Å². The summed E-state index contributed by atoms with van der Waals surface area (Å²) in [5, 5.41) is 33.6. The lowest BCUT2D eigenvalue weighted by Gasteiger charge is -2.65. The quantitative estimate of drug-likeness (QED) is 0.474. The Morgan fingerprint density at radius 3 is 2.82 bits per heavy atom. The summed E-state index contributed by atoms with van der Waals surface area (Å²) in [7, 11) is 1.73. The number of benzene rings is 2.